The Morgan fingerprint density at radius 3 is 2.85 bits per heavy atom. The van der Waals surface area contributed by atoms with Gasteiger partial charge in [-0.3, -0.25) is 4.90 Å². The predicted molar refractivity (Wildman–Crippen MR) is 74.1 cm³/mol. The number of carboxylic acid groups (broad SMARTS) is 1. The number of carbonyl (C=O) groups is 1. The molecule has 0 saturated carbocycles. The molecule has 7 nitrogen and oxygen atoms in total. The Morgan fingerprint density at radius 1 is 1.50 bits per heavy atom. The quantitative estimate of drug-likeness (QED) is 0.817. The van der Waals surface area contributed by atoms with Crippen LogP contribution in [-0.2, 0) is 4.74 Å². The van der Waals surface area contributed by atoms with Crippen LogP contribution in [0.5, 0.6) is 0 Å². The highest BCUT2D eigenvalue weighted by Gasteiger charge is 2.15. The van der Waals surface area contributed by atoms with Gasteiger partial charge in [-0.25, -0.2) is 14.8 Å². The number of ether oxygens (including phenoxy) is 1. The van der Waals surface area contributed by atoms with Crippen molar-refractivity contribution in [1.29, 1.82) is 0 Å². The van der Waals surface area contributed by atoms with Gasteiger partial charge in [0.1, 0.15) is 0 Å². The molecule has 0 aromatic carbocycles. The maximum atomic E-state index is 11.0. The molecular weight excluding hydrogens is 260 g/mol. The van der Waals surface area contributed by atoms with Crippen LogP contribution in [0.4, 0.5) is 5.95 Å². The van der Waals surface area contributed by atoms with Gasteiger partial charge in [0.15, 0.2) is 5.69 Å². The van der Waals surface area contributed by atoms with Gasteiger partial charge >= 0.3 is 5.97 Å². The average molecular weight is 280 g/mol. The number of rotatable bonds is 5. The third-order valence-corrected chi connectivity index (χ3v) is 3.08. The van der Waals surface area contributed by atoms with Crippen molar-refractivity contribution in [2.24, 2.45) is 0 Å². The summed E-state index contributed by atoms with van der Waals surface area (Å²) in [5, 5.41) is 12.1. The molecule has 0 spiro atoms. The Hall–Kier alpha value is -1.73. The summed E-state index contributed by atoms with van der Waals surface area (Å²) in [5.74, 6) is -0.678. The standard InChI is InChI=1S/C13H20N4O3/c1-9-7-11(12(18)19)16-13(14-9)15-10(2)8-17-3-5-20-6-4-17/h7,10H,3-6,8H2,1-2H3,(H,18,19)(H,14,15,16). The third-order valence-electron chi connectivity index (χ3n) is 3.08. The number of morpholine rings is 1. The Morgan fingerprint density at radius 2 is 2.20 bits per heavy atom. The number of aromatic nitrogens is 2. The molecule has 1 aromatic heterocycles. The Balaban J connectivity index is 1.96. The van der Waals surface area contributed by atoms with Gasteiger partial charge in [0.05, 0.1) is 13.2 Å². The molecule has 7 heteroatoms. The molecule has 2 rings (SSSR count). The van der Waals surface area contributed by atoms with Crippen molar-refractivity contribution in [3.05, 3.63) is 17.5 Å². The molecule has 0 radical (unpaired) electrons. The molecule has 0 amide bonds. The van der Waals surface area contributed by atoms with Crippen LogP contribution in [0.15, 0.2) is 6.07 Å². The zero-order valence-electron chi connectivity index (χ0n) is 11.8. The minimum atomic E-state index is -1.04. The van der Waals surface area contributed by atoms with E-state index in [9.17, 15) is 4.79 Å². The fourth-order valence-electron chi connectivity index (χ4n) is 2.18. The van der Waals surface area contributed by atoms with Gasteiger partial charge in [0, 0.05) is 31.4 Å². The summed E-state index contributed by atoms with van der Waals surface area (Å²) in [7, 11) is 0. The first kappa shape index (κ1) is 14.7. The van der Waals surface area contributed by atoms with E-state index in [-0.39, 0.29) is 11.7 Å². The van der Waals surface area contributed by atoms with E-state index in [1.807, 2.05) is 6.92 Å². The molecule has 0 aliphatic carbocycles. The summed E-state index contributed by atoms with van der Waals surface area (Å²) in [6, 6.07) is 1.59. The van der Waals surface area contributed by atoms with E-state index >= 15 is 0 Å². The zero-order valence-corrected chi connectivity index (χ0v) is 11.8. The first-order valence-corrected chi connectivity index (χ1v) is 6.70. The lowest BCUT2D eigenvalue weighted by molar-refractivity contribution is 0.0367. The fourth-order valence-corrected chi connectivity index (χ4v) is 2.18. The molecule has 1 aromatic rings. The van der Waals surface area contributed by atoms with Crippen molar-refractivity contribution in [2.45, 2.75) is 19.9 Å². The van der Waals surface area contributed by atoms with Gasteiger partial charge in [-0.05, 0) is 19.9 Å². The first-order valence-electron chi connectivity index (χ1n) is 6.70. The molecule has 2 N–H and O–H groups in total. The van der Waals surface area contributed by atoms with E-state index in [0.717, 1.165) is 32.8 Å². The molecule has 2 heterocycles. The summed E-state index contributed by atoms with van der Waals surface area (Å²) >= 11 is 0. The molecule has 0 bridgehead atoms. The zero-order chi connectivity index (χ0) is 14.5. The van der Waals surface area contributed by atoms with Gasteiger partial charge in [0.2, 0.25) is 5.95 Å². The van der Waals surface area contributed by atoms with Gasteiger partial charge in [-0.15, -0.1) is 0 Å². The summed E-state index contributed by atoms with van der Waals surface area (Å²) in [5.41, 5.74) is 0.650. The molecule has 1 aliphatic heterocycles. The van der Waals surface area contributed by atoms with Crippen LogP contribution >= 0.6 is 0 Å². The highest BCUT2D eigenvalue weighted by molar-refractivity contribution is 5.85. The SMILES string of the molecule is Cc1cc(C(=O)O)nc(NC(C)CN2CCOCC2)n1. The smallest absolute Gasteiger partial charge is 0.354 e. The topological polar surface area (TPSA) is 87.6 Å². The fraction of sp³-hybridized carbons (Fsp3) is 0.615. The second kappa shape index (κ2) is 6.62. The number of anilines is 1. The molecule has 1 atom stereocenters. The minimum Gasteiger partial charge on any atom is -0.477 e. The van der Waals surface area contributed by atoms with Crippen LogP contribution in [-0.4, -0.2) is 64.8 Å². The van der Waals surface area contributed by atoms with Crippen LogP contribution in [0, 0.1) is 6.92 Å². The van der Waals surface area contributed by atoms with Crippen molar-refractivity contribution >= 4 is 11.9 Å². The van der Waals surface area contributed by atoms with Crippen LogP contribution in [0.3, 0.4) is 0 Å². The van der Waals surface area contributed by atoms with Crippen LogP contribution in [0.1, 0.15) is 23.1 Å². The van der Waals surface area contributed by atoms with Crippen LogP contribution in [0.25, 0.3) is 0 Å². The lowest BCUT2D eigenvalue weighted by Gasteiger charge is -2.29. The Kier molecular flexibility index (Phi) is 4.86. The van der Waals surface area contributed by atoms with Crippen molar-refractivity contribution < 1.29 is 14.6 Å². The number of nitrogens with zero attached hydrogens (tertiary/aromatic N) is 3. The molecule has 110 valence electrons. The molecule has 20 heavy (non-hydrogen) atoms. The number of aromatic carboxylic acids is 1. The molecule has 1 aliphatic rings. The van der Waals surface area contributed by atoms with Crippen molar-refractivity contribution in [1.82, 2.24) is 14.9 Å². The predicted octanol–water partition coefficient (Wildman–Crippen LogP) is 0.616. The van der Waals surface area contributed by atoms with E-state index in [1.165, 1.54) is 6.07 Å². The molecule has 1 saturated heterocycles. The number of hydrogen-bond donors (Lipinski definition) is 2. The summed E-state index contributed by atoms with van der Waals surface area (Å²) < 4.78 is 5.31. The largest absolute Gasteiger partial charge is 0.477 e. The Labute approximate surface area is 118 Å². The lowest BCUT2D eigenvalue weighted by atomic mass is 10.3. The molecular formula is C13H20N4O3. The number of nitrogens with one attached hydrogen (secondary N) is 1. The Bertz CT molecular complexity index is 475. The van der Waals surface area contributed by atoms with E-state index in [0.29, 0.717) is 11.6 Å². The van der Waals surface area contributed by atoms with Crippen molar-refractivity contribution in [2.75, 3.05) is 38.2 Å². The monoisotopic (exact) mass is 280 g/mol. The van der Waals surface area contributed by atoms with Crippen LogP contribution in [0.2, 0.25) is 0 Å². The molecule has 1 fully saturated rings. The second-order valence-electron chi connectivity index (χ2n) is 4.98. The van der Waals surface area contributed by atoms with E-state index < -0.39 is 5.97 Å². The summed E-state index contributed by atoms with van der Waals surface area (Å²) in [6.07, 6.45) is 0. The number of carboxylic acids is 1. The second-order valence-corrected chi connectivity index (χ2v) is 4.98. The first-order chi connectivity index (χ1) is 9.54. The number of aryl methyl sites for hydroxylation is 1. The lowest BCUT2D eigenvalue weighted by Crippen LogP contribution is -2.42. The van der Waals surface area contributed by atoms with Gasteiger partial charge in [-0.1, -0.05) is 0 Å². The van der Waals surface area contributed by atoms with Crippen LogP contribution < -0.4 is 5.32 Å². The molecule has 1 unspecified atom stereocenters. The highest BCUT2D eigenvalue weighted by atomic mass is 16.5. The minimum absolute atomic E-state index is 0.0126. The maximum absolute atomic E-state index is 11.0. The van der Waals surface area contributed by atoms with Gasteiger partial charge in [0.25, 0.3) is 0 Å². The highest BCUT2D eigenvalue weighted by Crippen LogP contribution is 2.07. The van der Waals surface area contributed by atoms with E-state index in [4.69, 9.17) is 9.84 Å². The summed E-state index contributed by atoms with van der Waals surface area (Å²) in [6.45, 7) is 7.99. The average Bonchev–Trinajstić information content (AvgIpc) is 2.38. The van der Waals surface area contributed by atoms with E-state index in [1.54, 1.807) is 6.92 Å². The summed E-state index contributed by atoms with van der Waals surface area (Å²) in [4.78, 5) is 21.5. The normalized spacial score (nSPS) is 17.7. The maximum Gasteiger partial charge on any atom is 0.354 e. The van der Waals surface area contributed by atoms with E-state index in [2.05, 4.69) is 20.2 Å². The number of hydrogen-bond acceptors (Lipinski definition) is 6. The van der Waals surface area contributed by atoms with Gasteiger partial charge in [-0.2, -0.15) is 0 Å². The van der Waals surface area contributed by atoms with Crippen molar-refractivity contribution in [3.8, 4) is 0 Å². The van der Waals surface area contributed by atoms with Gasteiger partial charge < -0.3 is 15.2 Å². The third kappa shape index (κ3) is 4.14. The van der Waals surface area contributed by atoms with Crippen molar-refractivity contribution in [3.63, 3.8) is 0 Å².